The number of halogens is 1. The van der Waals surface area contributed by atoms with E-state index in [4.69, 9.17) is 4.74 Å². The van der Waals surface area contributed by atoms with Crippen molar-refractivity contribution in [3.05, 3.63) is 47.2 Å². The smallest absolute Gasteiger partial charge is 0.210 e. The Morgan fingerprint density at radius 2 is 2.18 bits per heavy atom. The third-order valence-corrected chi connectivity index (χ3v) is 6.93. The highest BCUT2D eigenvalue weighted by atomic mass is 32.2. The first-order chi connectivity index (χ1) is 13.7. The second kappa shape index (κ2) is 7.12. The molecule has 0 radical (unpaired) electrons. The third-order valence-electron chi connectivity index (χ3n) is 5.55. The molecule has 0 atom stereocenters. The summed E-state index contributed by atoms with van der Waals surface area (Å²) in [6, 6.07) is 3.13. The zero-order valence-corrected chi connectivity index (χ0v) is 16.0. The molecule has 0 amide bonds. The Kier molecular flexibility index (Phi) is 4.46. The fourth-order valence-corrected chi connectivity index (χ4v) is 5.33. The lowest BCUT2D eigenvalue weighted by Gasteiger charge is -2.22. The molecule has 146 valence electrons. The largest absolute Gasteiger partial charge is 0.493 e. The minimum absolute atomic E-state index is 0.247. The molecule has 1 saturated heterocycles. The van der Waals surface area contributed by atoms with Crippen LogP contribution >= 0.6 is 0 Å². The van der Waals surface area contributed by atoms with Crippen LogP contribution in [-0.4, -0.2) is 41.9 Å². The molecular formula is C19H20FN5O2S. The zero-order valence-electron chi connectivity index (χ0n) is 15.2. The van der Waals surface area contributed by atoms with Crippen molar-refractivity contribution >= 4 is 22.4 Å². The second-order valence-corrected chi connectivity index (χ2v) is 8.83. The Morgan fingerprint density at radius 1 is 1.32 bits per heavy atom. The molecule has 5 rings (SSSR count). The molecule has 0 bridgehead atoms. The van der Waals surface area contributed by atoms with Gasteiger partial charge in [0.2, 0.25) is 5.95 Å². The average molecular weight is 401 g/mol. The molecule has 0 aliphatic carbocycles. The molecule has 1 fully saturated rings. The fraction of sp³-hybridized carbons (Fsp3) is 0.421. The maximum atomic E-state index is 14.4. The number of ether oxygens (including phenoxy) is 1. The highest BCUT2D eigenvalue weighted by Gasteiger charge is 2.24. The molecule has 2 aliphatic rings. The van der Waals surface area contributed by atoms with E-state index < -0.39 is 10.8 Å². The summed E-state index contributed by atoms with van der Waals surface area (Å²) in [6.45, 7) is 0.890. The van der Waals surface area contributed by atoms with Crippen LogP contribution in [0.15, 0.2) is 24.7 Å². The van der Waals surface area contributed by atoms with Crippen LogP contribution in [0.4, 0.5) is 10.3 Å². The van der Waals surface area contributed by atoms with E-state index in [9.17, 15) is 8.60 Å². The molecule has 0 spiro atoms. The first-order valence-corrected chi connectivity index (χ1v) is 10.9. The van der Waals surface area contributed by atoms with Gasteiger partial charge in [-0.15, -0.1) is 10.2 Å². The van der Waals surface area contributed by atoms with E-state index in [1.165, 1.54) is 6.07 Å². The summed E-state index contributed by atoms with van der Waals surface area (Å²) in [5.74, 6) is 2.79. The van der Waals surface area contributed by atoms with Crippen molar-refractivity contribution in [3.63, 3.8) is 0 Å². The number of aromatic nitrogens is 4. The lowest BCUT2D eigenvalue weighted by Crippen LogP contribution is -2.18. The lowest BCUT2D eigenvalue weighted by atomic mass is 9.95. The predicted molar refractivity (Wildman–Crippen MR) is 104 cm³/mol. The van der Waals surface area contributed by atoms with Crippen molar-refractivity contribution in [2.24, 2.45) is 0 Å². The summed E-state index contributed by atoms with van der Waals surface area (Å²) in [6.07, 6.45) is 5.88. The van der Waals surface area contributed by atoms with Crippen LogP contribution < -0.4 is 10.1 Å². The summed E-state index contributed by atoms with van der Waals surface area (Å²) < 4.78 is 33.4. The Balaban J connectivity index is 1.42. The van der Waals surface area contributed by atoms with Gasteiger partial charge >= 0.3 is 0 Å². The first kappa shape index (κ1) is 17.5. The van der Waals surface area contributed by atoms with E-state index in [1.54, 1.807) is 16.8 Å². The summed E-state index contributed by atoms with van der Waals surface area (Å²) in [5, 5.41) is 11.5. The molecule has 28 heavy (non-hydrogen) atoms. The number of hydrogen-bond donors (Lipinski definition) is 1. The zero-order chi connectivity index (χ0) is 19.1. The van der Waals surface area contributed by atoms with Gasteiger partial charge in [-0.1, -0.05) is 0 Å². The number of anilines is 1. The van der Waals surface area contributed by atoms with Crippen LogP contribution in [0, 0.1) is 5.82 Å². The topological polar surface area (TPSA) is 81.4 Å². The second-order valence-electron chi connectivity index (χ2n) is 7.14. The van der Waals surface area contributed by atoms with Crippen LogP contribution in [0.1, 0.15) is 35.4 Å². The van der Waals surface area contributed by atoms with E-state index >= 15 is 0 Å². The number of rotatable bonds is 4. The van der Waals surface area contributed by atoms with Crippen molar-refractivity contribution in [2.75, 3.05) is 23.4 Å². The monoisotopic (exact) mass is 401 g/mol. The Morgan fingerprint density at radius 3 is 3.04 bits per heavy atom. The number of fused-ring (bicyclic) bond motifs is 2. The van der Waals surface area contributed by atoms with Crippen molar-refractivity contribution in [3.8, 4) is 5.75 Å². The minimum atomic E-state index is -0.711. The molecule has 2 aromatic heterocycles. The summed E-state index contributed by atoms with van der Waals surface area (Å²) in [4.78, 5) is 4.55. The number of nitrogens with zero attached hydrogens (tertiary/aromatic N) is 4. The maximum absolute atomic E-state index is 14.4. The van der Waals surface area contributed by atoms with Gasteiger partial charge in [0.15, 0.2) is 5.65 Å². The molecule has 0 saturated carbocycles. The molecule has 1 aromatic carbocycles. The first-order valence-electron chi connectivity index (χ1n) is 9.41. The van der Waals surface area contributed by atoms with Gasteiger partial charge < -0.3 is 10.1 Å². The van der Waals surface area contributed by atoms with Crippen LogP contribution in [0.2, 0.25) is 0 Å². The van der Waals surface area contributed by atoms with Gasteiger partial charge in [0.1, 0.15) is 17.9 Å². The highest BCUT2D eigenvalue weighted by molar-refractivity contribution is 7.85. The maximum Gasteiger partial charge on any atom is 0.210 e. The molecule has 9 heteroatoms. The van der Waals surface area contributed by atoms with E-state index in [1.807, 2.05) is 6.20 Å². The Hall–Kier alpha value is -2.55. The molecule has 1 N–H and O–H groups in total. The standard InChI is InChI=1S/C19H20FN5O2S/c20-16-1-2-17-13(3-6-27-17)15(16)10-22-19-21-9-14(18-24-23-11-25(18)19)12-4-7-28(26)8-5-12/h1-2,9,11-12H,3-8,10H2,(H,21,22). The summed E-state index contributed by atoms with van der Waals surface area (Å²) in [7, 11) is -0.711. The molecule has 0 unspecified atom stereocenters. The Labute approximate surface area is 163 Å². The number of nitrogens with one attached hydrogen (secondary N) is 1. The van der Waals surface area contributed by atoms with Gasteiger partial charge in [0.25, 0.3) is 0 Å². The van der Waals surface area contributed by atoms with E-state index in [0.29, 0.717) is 42.6 Å². The van der Waals surface area contributed by atoms with E-state index in [-0.39, 0.29) is 11.7 Å². The quantitative estimate of drug-likeness (QED) is 0.723. The van der Waals surface area contributed by atoms with Crippen LogP contribution in [0.25, 0.3) is 5.65 Å². The van der Waals surface area contributed by atoms with Gasteiger partial charge in [-0.05, 0) is 30.9 Å². The predicted octanol–water partition coefficient (Wildman–Crippen LogP) is 2.44. The molecule has 2 aliphatic heterocycles. The van der Waals surface area contributed by atoms with Crippen molar-refractivity contribution in [1.29, 1.82) is 0 Å². The fourth-order valence-electron chi connectivity index (χ4n) is 4.03. The molecule has 4 heterocycles. The molecule has 7 nitrogen and oxygen atoms in total. The Bertz CT molecular complexity index is 1060. The normalized spacial score (nSPS) is 21.5. The van der Waals surface area contributed by atoms with Crippen LogP contribution in [0.3, 0.4) is 0 Å². The average Bonchev–Trinajstić information content (AvgIpc) is 3.37. The van der Waals surface area contributed by atoms with Crippen molar-refractivity contribution in [2.45, 2.75) is 31.7 Å². The van der Waals surface area contributed by atoms with Crippen LogP contribution in [0.5, 0.6) is 5.75 Å². The highest BCUT2D eigenvalue weighted by Crippen LogP contribution is 2.32. The molecular weight excluding hydrogens is 381 g/mol. The summed E-state index contributed by atoms with van der Waals surface area (Å²) >= 11 is 0. The van der Waals surface area contributed by atoms with Crippen molar-refractivity contribution < 1.29 is 13.3 Å². The van der Waals surface area contributed by atoms with E-state index in [0.717, 1.165) is 35.4 Å². The number of benzene rings is 1. The minimum Gasteiger partial charge on any atom is -0.493 e. The lowest BCUT2D eigenvalue weighted by molar-refractivity contribution is 0.356. The molecule has 3 aromatic rings. The van der Waals surface area contributed by atoms with Gasteiger partial charge in [-0.25, -0.2) is 9.37 Å². The van der Waals surface area contributed by atoms with Gasteiger partial charge in [-0.2, -0.15) is 0 Å². The van der Waals surface area contributed by atoms with E-state index in [2.05, 4.69) is 20.5 Å². The third kappa shape index (κ3) is 3.03. The SMILES string of the molecule is O=S1CCC(c2cnc(NCc3c(F)ccc4c3CCO4)n3cnnc23)CC1. The van der Waals surface area contributed by atoms with Crippen LogP contribution in [-0.2, 0) is 23.8 Å². The van der Waals surface area contributed by atoms with Gasteiger partial charge in [0, 0.05) is 58.2 Å². The number of hydrogen-bond acceptors (Lipinski definition) is 6. The van der Waals surface area contributed by atoms with Crippen molar-refractivity contribution in [1.82, 2.24) is 19.6 Å². The van der Waals surface area contributed by atoms with Gasteiger partial charge in [0.05, 0.1) is 6.61 Å². The van der Waals surface area contributed by atoms with Gasteiger partial charge in [-0.3, -0.25) is 8.61 Å². The summed E-state index contributed by atoms with van der Waals surface area (Å²) in [5.41, 5.74) is 3.30.